The second-order valence-electron chi connectivity index (χ2n) is 5.15. The monoisotopic (exact) mass is 235 g/mol. The molecule has 0 amide bonds. The summed E-state index contributed by atoms with van der Waals surface area (Å²) in [5.41, 5.74) is 8.17. The molecular weight excluding hydrogens is 214 g/mol. The summed E-state index contributed by atoms with van der Waals surface area (Å²) in [6.45, 7) is 9.32. The Labute approximate surface area is 103 Å². The van der Waals surface area contributed by atoms with E-state index >= 15 is 0 Å². The Balaban J connectivity index is 2.42. The topological polar surface area (TPSA) is 51.4 Å². The van der Waals surface area contributed by atoms with Crippen molar-refractivity contribution in [2.24, 2.45) is 5.73 Å². The average Bonchev–Trinajstić information content (AvgIpc) is 2.28. The molecule has 1 fully saturated rings. The average molecular weight is 235 g/mol. The van der Waals surface area contributed by atoms with Crippen LogP contribution in [0.4, 0.5) is 5.82 Å². The Morgan fingerprint density at radius 3 is 2.94 bits per heavy atom. The minimum atomic E-state index is -0.0248. The van der Waals surface area contributed by atoms with E-state index in [-0.39, 0.29) is 5.54 Å². The maximum absolute atomic E-state index is 5.85. The van der Waals surface area contributed by atoms with Gasteiger partial charge in [-0.15, -0.1) is 0 Å². The zero-order chi connectivity index (χ0) is 12.5. The first-order chi connectivity index (χ1) is 8.06. The summed E-state index contributed by atoms with van der Waals surface area (Å²) >= 11 is 0. The maximum Gasteiger partial charge on any atom is 0.133 e. The van der Waals surface area contributed by atoms with E-state index in [9.17, 15) is 0 Å². The van der Waals surface area contributed by atoms with E-state index in [4.69, 9.17) is 10.5 Å². The van der Waals surface area contributed by atoms with Crippen molar-refractivity contribution in [2.45, 2.75) is 32.9 Å². The van der Waals surface area contributed by atoms with Crippen LogP contribution in [0.25, 0.3) is 0 Å². The van der Waals surface area contributed by atoms with Gasteiger partial charge >= 0.3 is 0 Å². The molecule has 0 bridgehead atoms. The fourth-order valence-electron chi connectivity index (χ4n) is 2.31. The van der Waals surface area contributed by atoms with Gasteiger partial charge in [-0.25, -0.2) is 4.98 Å². The quantitative estimate of drug-likeness (QED) is 0.843. The molecule has 4 heteroatoms. The van der Waals surface area contributed by atoms with Crippen LogP contribution in [0.1, 0.15) is 25.0 Å². The first-order valence-electron chi connectivity index (χ1n) is 6.06. The fraction of sp³-hybridized carbons (Fsp3) is 0.615. The second-order valence-corrected chi connectivity index (χ2v) is 5.15. The van der Waals surface area contributed by atoms with Gasteiger partial charge < -0.3 is 15.4 Å². The van der Waals surface area contributed by atoms with Gasteiger partial charge in [0.05, 0.1) is 18.8 Å². The van der Waals surface area contributed by atoms with Crippen molar-refractivity contribution in [2.75, 3.05) is 24.7 Å². The summed E-state index contributed by atoms with van der Waals surface area (Å²) < 4.78 is 5.54. The highest BCUT2D eigenvalue weighted by Gasteiger charge is 2.32. The molecule has 0 saturated carbocycles. The first kappa shape index (κ1) is 12.3. The molecule has 4 nitrogen and oxygen atoms in total. The summed E-state index contributed by atoms with van der Waals surface area (Å²) in [7, 11) is 0. The molecule has 17 heavy (non-hydrogen) atoms. The number of nitrogens with two attached hydrogens (primary N) is 1. The molecule has 1 aliphatic heterocycles. The molecule has 1 aromatic rings. The lowest BCUT2D eigenvalue weighted by Crippen LogP contribution is -2.54. The molecule has 1 aromatic heterocycles. The fourth-order valence-corrected chi connectivity index (χ4v) is 2.31. The van der Waals surface area contributed by atoms with Crippen LogP contribution in [0.5, 0.6) is 0 Å². The van der Waals surface area contributed by atoms with Gasteiger partial charge in [0.1, 0.15) is 5.82 Å². The summed E-state index contributed by atoms with van der Waals surface area (Å²) in [4.78, 5) is 6.83. The number of morpholine rings is 1. The summed E-state index contributed by atoms with van der Waals surface area (Å²) in [6.07, 6.45) is 1.86. The van der Waals surface area contributed by atoms with Gasteiger partial charge in [0.2, 0.25) is 0 Å². The van der Waals surface area contributed by atoms with Crippen LogP contribution in [0.2, 0.25) is 0 Å². The second kappa shape index (κ2) is 4.63. The van der Waals surface area contributed by atoms with Gasteiger partial charge in [-0.3, -0.25) is 0 Å². The molecule has 0 unspecified atom stereocenters. The molecule has 94 valence electrons. The number of ether oxygens (including phenoxy) is 1. The van der Waals surface area contributed by atoms with Crippen molar-refractivity contribution < 1.29 is 4.74 Å². The minimum Gasteiger partial charge on any atom is -0.377 e. The minimum absolute atomic E-state index is 0.0248. The smallest absolute Gasteiger partial charge is 0.133 e. The number of pyridine rings is 1. The maximum atomic E-state index is 5.85. The number of anilines is 1. The summed E-state index contributed by atoms with van der Waals surface area (Å²) in [5.74, 6) is 1.01. The van der Waals surface area contributed by atoms with Crippen molar-refractivity contribution in [3.05, 3.63) is 23.4 Å². The zero-order valence-electron chi connectivity index (χ0n) is 10.9. The standard InChI is InChI=1S/C13H21N3O/c1-10-4-5-15-12(11(10)8-14)16-6-7-17-9-13(16,2)3/h4-5H,6-9,14H2,1-3H3. The molecule has 1 aliphatic rings. The van der Waals surface area contributed by atoms with Crippen LogP contribution in [0.15, 0.2) is 12.3 Å². The molecule has 0 spiro atoms. The number of nitrogens with zero attached hydrogens (tertiary/aromatic N) is 2. The molecule has 2 heterocycles. The molecule has 0 radical (unpaired) electrons. The number of aryl methyl sites for hydroxylation is 1. The molecule has 0 atom stereocenters. The molecule has 0 aliphatic carbocycles. The Hall–Kier alpha value is -1.13. The van der Waals surface area contributed by atoms with Crippen LogP contribution >= 0.6 is 0 Å². The molecule has 2 rings (SSSR count). The Morgan fingerprint density at radius 2 is 2.29 bits per heavy atom. The normalized spacial score (nSPS) is 19.4. The third-order valence-corrected chi connectivity index (χ3v) is 3.37. The Kier molecular flexibility index (Phi) is 3.35. The van der Waals surface area contributed by atoms with Crippen LogP contribution in [0.3, 0.4) is 0 Å². The van der Waals surface area contributed by atoms with E-state index in [2.05, 4.69) is 30.7 Å². The highest BCUT2D eigenvalue weighted by molar-refractivity contribution is 5.52. The van der Waals surface area contributed by atoms with Crippen LogP contribution in [-0.2, 0) is 11.3 Å². The summed E-state index contributed by atoms with van der Waals surface area (Å²) in [5, 5.41) is 0. The van der Waals surface area contributed by atoms with Crippen LogP contribution in [-0.4, -0.2) is 30.3 Å². The van der Waals surface area contributed by atoms with Gasteiger partial charge in [-0.05, 0) is 32.4 Å². The number of hydrogen-bond donors (Lipinski definition) is 1. The van der Waals surface area contributed by atoms with Gasteiger partial charge in [0.15, 0.2) is 0 Å². The van der Waals surface area contributed by atoms with E-state index in [1.165, 1.54) is 5.56 Å². The Morgan fingerprint density at radius 1 is 1.53 bits per heavy atom. The first-order valence-corrected chi connectivity index (χ1v) is 6.06. The van der Waals surface area contributed by atoms with E-state index < -0.39 is 0 Å². The highest BCUT2D eigenvalue weighted by atomic mass is 16.5. The van der Waals surface area contributed by atoms with Crippen LogP contribution < -0.4 is 10.6 Å². The van der Waals surface area contributed by atoms with Gasteiger partial charge in [-0.1, -0.05) is 0 Å². The number of aromatic nitrogens is 1. The van der Waals surface area contributed by atoms with Gasteiger partial charge in [0.25, 0.3) is 0 Å². The lowest BCUT2D eigenvalue weighted by Gasteiger charge is -2.43. The SMILES string of the molecule is Cc1ccnc(N2CCOCC2(C)C)c1CN. The lowest BCUT2D eigenvalue weighted by molar-refractivity contribution is 0.0638. The largest absolute Gasteiger partial charge is 0.377 e. The highest BCUT2D eigenvalue weighted by Crippen LogP contribution is 2.29. The molecular formula is C13H21N3O. The van der Waals surface area contributed by atoms with Crippen molar-refractivity contribution in [3.63, 3.8) is 0 Å². The number of rotatable bonds is 2. The van der Waals surface area contributed by atoms with E-state index in [0.717, 1.165) is 31.1 Å². The van der Waals surface area contributed by atoms with Crippen molar-refractivity contribution in [3.8, 4) is 0 Å². The van der Waals surface area contributed by atoms with Crippen molar-refractivity contribution >= 4 is 5.82 Å². The van der Waals surface area contributed by atoms with Crippen molar-refractivity contribution in [1.82, 2.24) is 4.98 Å². The predicted molar refractivity (Wildman–Crippen MR) is 69.1 cm³/mol. The predicted octanol–water partition coefficient (Wildman–Crippen LogP) is 1.46. The van der Waals surface area contributed by atoms with Crippen molar-refractivity contribution in [1.29, 1.82) is 0 Å². The zero-order valence-corrected chi connectivity index (χ0v) is 10.9. The number of hydrogen-bond acceptors (Lipinski definition) is 4. The third-order valence-electron chi connectivity index (χ3n) is 3.37. The van der Waals surface area contributed by atoms with E-state index in [1.807, 2.05) is 12.3 Å². The molecule has 0 aromatic carbocycles. The van der Waals surface area contributed by atoms with Gasteiger partial charge in [-0.2, -0.15) is 0 Å². The summed E-state index contributed by atoms with van der Waals surface area (Å²) in [6, 6.07) is 2.01. The van der Waals surface area contributed by atoms with E-state index in [0.29, 0.717) is 6.54 Å². The lowest BCUT2D eigenvalue weighted by atomic mass is 10.0. The van der Waals surface area contributed by atoms with E-state index in [1.54, 1.807) is 0 Å². The van der Waals surface area contributed by atoms with Crippen LogP contribution in [0, 0.1) is 6.92 Å². The van der Waals surface area contributed by atoms with Gasteiger partial charge in [0, 0.05) is 24.8 Å². The molecule has 2 N–H and O–H groups in total. The Bertz CT molecular complexity index is 404. The molecule has 1 saturated heterocycles. The third kappa shape index (κ3) is 2.28.